The maximum atomic E-state index is 12.2. The molecule has 1 saturated carbocycles. The summed E-state index contributed by atoms with van der Waals surface area (Å²) < 4.78 is 5.40. The first kappa shape index (κ1) is 16.8. The van der Waals surface area contributed by atoms with Crippen LogP contribution in [0.5, 0.6) is 0 Å². The predicted molar refractivity (Wildman–Crippen MR) is 85.4 cm³/mol. The smallest absolute Gasteiger partial charge is 0.246 e. The van der Waals surface area contributed by atoms with E-state index in [0.29, 0.717) is 6.61 Å². The van der Waals surface area contributed by atoms with Gasteiger partial charge in [0.05, 0.1) is 5.54 Å². The lowest BCUT2D eigenvalue weighted by Crippen LogP contribution is -2.58. The molecular weight excluding hydrogens is 264 g/mol. The van der Waals surface area contributed by atoms with Crippen molar-refractivity contribution < 1.29 is 9.53 Å². The molecule has 2 aliphatic rings. The van der Waals surface area contributed by atoms with E-state index in [1.165, 1.54) is 51.6 Å². The van der Waals surface area contributed by atoms with Crippen molar-refractivity contribution in [3.63, 3.8) is 0 Å². The van der Waals surface area contributed by atoms with Gasteiger partial charge in [0.1, 0.15) is 6.61 Å². The highest BCUT2D eigenvalue weighted by Crippen LogP contribution is 2.30. The third-order valence-corrected chi connectivity index (χ3v) is 4.77. The fraction of sp³-hybridized carbons (Fsp3) is 0.941. The van der Waals surface area contributed by atoms with E-state index in [-0.39, 0.29) is 18.1 Å². The van der Waals surface area contributed by atoms with Crippen LogP contribution in [0.3, 0.4) is 0 Å². The van der Waals surface area contributed by atoms with E-state index in [0.717, 1.165) is 25.8 Å². The Hall–Kier alpha value is -0.610. The minimum atomic E-state index is 0.00223. The van der Waals surface area contributed by atoms with Gasteiger partial charge in [-0.05, 0) is 45.2 Å². The van der Waals surface area contributed by atoms with Gasteiger partial charge in [0.15, 0.2) is 0 Å². The number of nitrogens with one attached hydrogen (secondary N) is 1. The van der Waals surface area contributed by atoms with Crippen molar-refractivity contribution in [2.45, 2.75) is 70.3 Å². The molecule has 2 fully saturated rings. The van der Waals surface area contributed by atoms with E-state index in [2.05, 4.69) is 17.1 Å². The van der Waals surface area contributed by atoms with Crippen LogP contribution in [0.4, 0.5) is 0 Å². The van der Waals surface area contributed by atoms with E-state index < -0.39 is 0 Å². The molecule has 0 atom stereocenters. The second kappa shape index (κ2) is 8.74. The second-order valence-electron chi connectivity index (χ2n) is 6.78. The molecule has 1 aliphatic carbocycles. The monoisotopic (exact) mass is 296 g/mol. The number of carbonyl (C=O) groups is 1. The largest absolute Gasteiger partial charge is 0.372 e. The number of hydrogen-bond donors (Lipinski definition) is 1. The van der Waals surface area contributed by atoms with Crippen LogP contribution in [-0.4, -0.2) is 49.2 Å². The molecule has 1 N–H and O–H groups in total. The normalized spacial score (nSPS) is 22.9. The van der Waals surface area contributed by atoms with Crippen LogP contribution in [-0.2, 0) is 9.53 Å². The Morgan fingerprint density at radius 2 is 1.76 bits per heavy atom. The quantitative estimate of drug-likeness (QED) is 0.735. The summed E-state index contributed by atoms with van der Waals surface area (Å²) in [5.41, 5.74) is 0.00223. The van der Waals surface area contributed by atoms with Gasteiger partial charge in [-0.25, -0.2) is 0 Å². The first-order valence-corrected chi connectivity index (χ1v) is 8.85. The molecule has 1 amide bonds. The average molecular weight is 296 g/mol. The molecule has 1 aliphatic heterocycles. The third-order valence-electron chi connectivity index (χ3n) is 4.77. The van der Waals surface area contributed by atoms with E-state index >= 15 is 0 Å². The Morgan fingerprint density at radius 3 is 2.43 bits per heavy atom. The highest BCUT2D eigenvalue weighted by molar-refractivity contribution is 5.78. The van der Waals surface area contributed by atoms with Crippen LogP contribution >= 0.6 is 0 Å². The Kier molecular flexibility index (Phi) is 6.97. The zero-order valence-electron chi connectivity index (χ0n) is 13.7. The standard InChI is InChI=1S/C17H32N2O2/c1-2-13-21-14-16(20)18-17(9-5-3-6-10-17)15-19-11-7-4-8-12-19/h2-15H2,1H3,(H,18,20). The molecule has 0 aromatic rings. The van der Waals surface area contributed by atoms with Crippen molar-refractivity contribution >= 4 is 5.91 Å². The fourth-order valence-electron chi connectivity index (χ4n) is 3.74. The average Bonchev–Trinajstić information content (AvgIpc) is 2.49. The zero-order valence-corrected chi connectivity index (χ0v) is 13.7. The van der Waals surface area contributed by atoms with Crippen LogP contribution in [0.2, 0.25) is 0 Å². The predicted octanol–water partition coefficient (Wildman–Crippen LogP) is 2.72. The van der Waals surface area contributed by atoms with Crippen LogP contribution < -0.4 is 5.32 Å². The topological polar surface area (TPSA) is 41.6 Å². The molecule has 0 aromatic heterocycles. The molecular formula is C17H32N2O2. The highest BCUT2D eigenvalue weighted by atomic mass is 16.5. The summed E-state index contributed by atoms with van der Waals surface area (Å²) in [6.45, 7) is 6.39. The second-order valence-corrected chi connectivity index (χ2v) is 6.78. The van der Waals surface area contributed by atoms with E-state index in [4.69, 9.17) is 4.74 Å². The van der Waals surface area contributed by atoms with Crippen molar-refractivity contribution in [2.24, 2.45) is 0 Å². The number of ether oxygens (including phenoxy) is 1. The number of hydrogen-bond acceptors (Lipinski definition) is 3. The lowest BCUT2D eigenvalue weighted by atomic mass is 9.80. The number of nitrogens with zero attached hydrogens (tertiary/aromatic N) is 1. The maximum absolute atomic E-state index is 12.2. The van der Waals surface area contributed by atoms with Crippen LogP contribution in [0.1, 0.15) is 64.7 Å². The minimum Gasteiger partial charge on any atom is -0.372 e. The molecule has 4 heteroatoms. The third kappa shape index (κ3) is 5.59. The molecule has 0 spiro atoms. The van der Waals surface area contributed by atoms with Crippen molar-refractivity contribution in [1.82, 2.24) is 10.2 Å². The van der Waals surface area contributed by atoms with Crippen LogP contribution in [0, 0.1) is 0 Å². The molecule has 0 radical (unpaired) electrons. The van der Waals surface area contributed by atoms with Crippen LogP contribution in [0.15, 0.2) is 0 Å². The van der Waals surface area contributed by atoms with Crippen molar-refractivity contribution in [1.29, 1.82) is 0 Å². The number of piperidine rings is 1. The number of amides is 1. The number of carbonyl (C=O) groups excluding carboxylic acids is 1. The van der Waals surface area contributed by atoms with Crippen LogP contribution in [0.25, 0.3) is 0 Å². The molecule has 1 saturated heterocycles. The molecule has 0 aromatic carbocycles. The van der Waals surface area contributed by atoms with Gasteiger partial charge in [0.2, 0.25) is 5.91 Å². The van der Waals surface area contributed by atoms with Gasteiger partial charge >= 0.3 is 0 Å². The number of rotatable bonds is 7. The lowest BCUT2D eigenvalue weighted by molar-refractivity contribution is -0.128. The first-order chi connectivity index (χ1) is 10.2. The van der Waals surface area contributed by atoms with Gasteiger partial charge in [0.25, 0.3) is 0 Å². The van der Waals surface area contributed by atoms with E-state index in [1.807, 2.05) is 0 Å². The molecule has 4 nitrogen and oxygen atoms in total. The van der Waals surface area contributed by atoms with Crippen molar-refractivity contribution in [3.05, 3.63) is 0 Å². The Morgan fingerprint density at radius 1 is 1.10 bits per heavy atom. The van der Waals surface area contributed by atoms with Crippen molar-refractivity contribution in [2.75, 3.05) is 32.8 Å². The van der Waals surface area contributed by atoms with Gasteiger partial charge < -0.3 is 15.0 Å². The van der Waals surface area contributed by atoms with Gasteiger partial charge in [-0.2, -0.15) is 0 Å². The molecule has 0 unspecified atom stereocenters. The van der Waals surface area contributed by atoms with Gasteiger partial charge in [-0.3, -0.25) is 4.79 Å². The number of likely N-dealkylation sites (tertiary alicyclic amines) is 1. The van der Waals surface area contributed by atoms with Gasteiger partial charge in [-0.15, -0.1) is 0 Å². The Labute approximate surface area is 129 Å². The van der Waals surface area contributed by atoms with Gasteiger partial charge in [-0.1, -0.05) is 32.6 Å². The fourth-order valence-corrected chi connectivity index (χ4v) is 3.74. The molecule has 122 valence electrons. The van der Waals surface area contributed by atoms with Gasteiger partial charge in [0, 0.05) is 13.2 Å². The summed E-state index contributed by atoms with van der Waals surface area (Å²) in [6.07, 6.45) is 11.0. The summed E-state index contributed by atoms with van der Waals surface area (Å²) in [5, 5.41) is 3.33. The Bertz CT molecular complexity index is 308. The van der Waals surface area contributed by atoms with E-state index in [1.54, 1.807) is 0 Å². The summed E-state index contributed by atoms with van der Waals surface area (Å²) in [7, 11) is 0. The molecule has 21 heavy (non-hydrogen) atoms. The minimum absolute atomic E-state index is 0.00223. The summed E-state index contributed by atoms with van der Waals surface area (Å²) >= 11 is 0. The summed E-state index contributed by atoms with van der Waals surface area (Å²) in [5.74, 6) is 0.0716. The van der Waals surface area contributed by atoms with Crippen molar-refractivity contribution in [3.8, 4) is 0 Å². The SMILES string of the molecule is CCCOCC(=O)NC1(CN2CCCCC2)CCCCC1. The molecule has 1 heterocycles. The summed E-state index contributed by atoms with van der Waals surface area (Å²) in [4.78, 5) is 14.7. The molecule has 2 rings (SSSR count). The Balaban J connectivity index is 1.87. The maximum Gasteiger partial charge on any atom is 0.246 e. The lowest BCUT2D eigenvalue weighted by Gasteiger charge is -2.42. The summed E-state index contributed by atoms with van der Waals surface area (Å²) in [6, 6.07) is 0. The van der Waals surface area contributed by atoms with E-state index in [9.17, 15) is 4.79 Å². The first-order valence-electron chi connectivity index (χ1n) is 8.85. The zero-order chi connectivity index (χ0) is 15.0. The highest BCUT2D eigenvalue weighted by Gasteiger charge is 2.35. The molecule has 0 bridgehead atoms.